The van der Waals surface area contributed by atoms with E-state index < -0.39 is 12.1 Å². The molecule has 1 aliphatic rings. The van der Waals surface area contributed by atoms with E-state index in [0.717, 1.165) is 0 Å². The van der Waals surface area contributed by atoms with Gasteiger partial charge in [-0.15, -0.1) is 21.5 Å². The number of alkyl halides is 3. The number of amides is 2. The zero-order chi connectivity index (χ0) is 16.4. The van der Waals surface area contributed by atoms with Gasteiger partial charge in [-0.25, -0.2) is 4.79 Å². The molecule has 0 aromatic carbocycles. The number of nitrogens with one attached hydrogen (secondary N) is 1. The highest BCUT2D eigenvalue weighted by Crippen LogP contribution is 2.32. The maximum atomic E-state index is 12.5. The Hall–Kier alpha value is -2.10. The molecular formula is C13H13F3N4O2S. The highest BCUT2D eigenvalue weighted by atomic mass is 32.1. The second kappa shape index (κ2) is 6.19. The lowest BCUT2D eigenvalue weighted by Crippen LogP contribution is -2.41. The van der Waals surface area contributed by atoms with E-state index in [9.17, 15) is 18.0 Å². The Labute approximate surface area is 133 Å². The molecule has 2 aromatic rings. The van der Waals surface area contributed by atoms with E-state index in [0.29, 0.717) is 24.4 Å². The van der Waals surface area contributed by atoms with Crippen LogP contribution in [-0.2, 0) is 6.18 Å². The number of piperidine rings is 1. The largest absolute Gasteiger partial charge is 0.470 e. The fourth-order valence-corrected chi connectivity index (χ4v) is 3.02. The summed E-state index contributed by atoms with van der Waals surface area (Å²) in [6.45, 7) is 0.782. The zero-order valence-electron chi connectivity index (χ0n) is 11.8. The minimum atomic E-state index is -4.66. The average molecular weight is 346 g/mol. The van der Waals surface area contributed by atoms with Crippen LogP contribution in [0.3, 0.4) is 0 Å². The third-order valence-corrected chi connectivity index (χ3v) is 4.28. The van der Waals surface area contributed by atoms with Crippen LogP contribution in [0.4, 0.5) is 23.0 Å². The lowest BCUT2D eigenvalue weighted by atomic mass is 9.98. The van der Waals surface area contributed by atoms with E-state index in [2.05, 4.69) is 15.5 Å². The fraction of sp³-hybridized carbons (Fsp3) is 0.462. The van der Waals surface area contributed by atoms with E-state index in [1.165, 1.54) is 11.3 Å². The van der Waals surface area contributed by atoms with Crippen molar-refractivity contribution in [1.82, 2.24) is 15.1 Å². The van der Waals surface area contributed by atoms with Gasteiger partial charge in [0.1, 0.15) is 0 Å². The first kappa shape index (κ1) is 15.8. The number of aromatic nitrogens is 2. The molecule has 0 unspecified atom stereocenters. The first-order chi connectivity index (χ1) is 10.9. The Morgan fingerprint density at radius 2 is 2.26 bits per heavy atom. The maximum absolute atomic E-state index is 12.5. The fourth-order valence-electron chi connectivity index (χ4n) is 2.41. The van der Waals surface area contributed by atoms with Crippen LogP contribution in [0.1, 0.15) is 30.5 Å². The summed E-state index contributed by atoms with van der Waals surface area (Å²) in [6, 6.07) is 3.31. The highest BCUT2D eigenvalue weighted by molar-refractivity contribution is 7.14. The van der Waals surface area contributed by atoms with Gasteiger partial charge in [-0.3, -0.25) is 5.32 Å². The van der Waals surface area contributed by atoms with Crippen molar-refractivity contribution < 1.29 is 22.4 Å². The lowest BCUT2D eigenvalue weighted by molar-refractivity contribution is -0.157. The van der Waals surface area contributed by atoms with Crippen LogP contribution in [-0.4, -0.2) is 34.2 Å². The number of urea groups is 1. The van der Waals surface area contributed by atoms with Gasteiger partial charge in [-0.05, 0) is 30.4 Å². The van der Waals surface area contributed by atoms with Crippen LogP contribution in [0.2, 0.25) is 0 Å². The Kier molecular flexibility index (Phi) is 4.24. The van der Waals surface area contributed by atoms with Gasteiger partial charge in [0.05, 0.1) is 10.9 Å². The molecule has 3 heterocycles. The Balaban J connectivity index is 1.66. The van der Waals surface area contributed by atoms with Gasteiger partial charge < -0.3 is 9.32 Å². The molecule has 1 aliphatic heterocycles. The van der Waals surface area contributed by atoms with Crippen molar-refractivity contribution in [3.05, 3.63) is 29.3 Å². The van der Waals surface area contributed by atoms with Crippen molar-refractivity contribution in [3.63, 3.8) is 0 Å². The Morgan fingerprint density at radius 1 is 1.43 bits per heavy atom. The molecule has 1 N–H and O–H groups in total. The van der Waals surface area contributed by atoms with Crippen LogP contribution < -0.4 is 5.32 Å². The summed E-state index contributed by atoms with van der Waals surface area (Å²) in [4.78, 5) is 13.7. The topological polar surface area (TPSA) is 71.3 Å². The van der Waals surface area contributed by atoms with E-state index in [4.69, 9.17) is 4.42 Å². The molecule has 1 atom stereocenters. The van der Waals surface area contributed by atoms with Crippen LogP contribution in [0.5, 0.6) is 0 Å². The summed E-state index contributed by atoms with van der Waals surface area (Å²) in [5.41, 5.74) is 0. The number of nitrogens with zero attached hydrogens (tertiary/aromatic N) is 3. The van der Waals surface area contributed by atoms with Crippen LogP contribution >= 0.6 is 11.3 Å². The van der Waals surface area contributed by atoms with Crippen molar-refractivity contribution in [2.75, 3.05) is 18.4 Å². The lowest BCUT2D eigenvalue weighted by Gasteiger charge is -2.30. The molecule has 10 heteroatoms. The van der Waals surface area contributed by atoms with Gasteiger partial charge in [-0.2, -0.15) is 13.2 Å². The maximum Gasteiger partial charge on any atom is 0.470 e. The van der Waals surface area contributed by atoms with Crippen molar-refractivity contribution in [1.29, 1.82) is 0 Å². The third kappa shape index (κ3) is 3.63. The Morgan fingerprint density at radius 3 is 2.91 bits per heavy atom. The second-order valence-electron chi connectivity index (χ2n) is 5.14. The van der Waals surface area contributed by atoms with Gasteiger partial charge in [0, 0.05) is 13.1 Å². The number of hydrogen-bond donors (Lipinski definition) is 1. The van der Waals surface area contributed by atoms with Crippen molar-refractivity contribution in [2.24, 2.45) is 0 Å². The monoisotopic (exact) mass is 346 g/mol. The van der Waals surface area contributed by atoms with Crippen LogP contribution in [0.25, 0.3) is 0 Å². The molecule has 23 heavy (non-hydrogen) atoms. The summed E-state index contributed by atoms with van der Waals surface area (Å²) >= 11 is 1.39. The summed E-state index contributed by atoms with van der Waals surface area (Å²) in [5, 5.41) is 11.8. The number of hydrogen-bond acceptors (Lipinski definition) is 5. The van der Waals surface area contributed by atoms with Crippen molar-refractivity contribution in [3.8, 4) is 0 Å². The first-order valence-electron chi connectivity index (χ1n) is 6.93. The molecule has 1 fully saturated rings. The van der Waals surface area contributed by atoms with Gasteiger partial charge in [0.25, 0.3) is 0 Å². The normalized spacial score (nSPS) is 18.9. The summed E-state index contributed by atoms with van der Waals surface area (Å²) in [6.07, 6.45) is -3.40. The molecule has 0 aliphatic carbocycles. The number of likely N-dealkylation sites (tertiary alicyclic amines) is 1. The molecule has 0 saturated carbocycles. The second-order valence-corrected chi connectivity index (χ2v) is 6.08. The predicted molar refractivity (Wildman–Crippen MR) is 76.2 cm³/mol. The van der Waals surface area contributed by atoms with E-state index >= 15 is 0 Å². The predicted octanol–water partition coefficient (Wildman–Crippen LogP) is 3.56. The molecule has 124 valence electrons. The number of carbonyl (C=O) groups is 1. The number of rotatable bonds is 2. The molecular weight excluding hydrogens is 333 g/mol. The number of thiophene rings is 1. The number of carbonyl (C=O) groups excluding carboxylic acids is 1. The Bertz CT molecular complexity index is 671. The quantitative estimate of drug-likeness (QED) is 0.902. The molecule has 6 nitrogen and oxygen atoms in total. The zero-order valence-corrected chi connectivity index (χ0v) is 12.7. The first-order valence-corrected chi connectivity index (χ1v) is 7.81. The number of anilines is 1. The van der Waals surface area contributed by atoms with Gasteiger partial charge in [-0.1, -0.05) is 0 Å². The molecule has 1 saturated heterocycles. The summed E-state index contributed by atoms with van der Waals surface area (Å²) < 4.78 is 42.3. The minimum Gasteiger partial charge on any atom is -0.417 e. The summed E-state index contributed by atoms with van der Waals surface area (Å²) in [7, 11) is 0. The smallest absolute Gasteiger partial charge is 0.417 e. The standard InChI is InChI=1S/C13H13F3N4O2S/c14-13(15,16)11-19-18-10(22-11)8-3-1-5-20(7-8)12(21)17-9-4-2-6-23-9/h2,4,6,8H,1,3,5,7H2,(H,17,21)/t8-/m0/s1. The van der Waals surface area contributed by atoms with E-state index in [-0.39, 0.29) is 24.4 Å². The molecule has 2 amide bonds. The summed E-state index contributed by atoms with van der Waals surface area (Å²) in [5.74, 6) is -1.82. The van der Waals surface area contributed by atoms with Crippen molar-refractivity contribution in [2.45, 2.75) is 24.9 Å². The molecule has 3 rings (SSSR count). The third-order valence-electron chi connectivity index (χ3n) is 3.49. The van der Waals surface area contributed by atoms with Gasteiger partial charge in [0.2, 0.25) is 5.89 Å². The van der Waals surface area contributed by atoms with Gasteiger partial charge in [0.15, 0.2) is 0 Å². The minimum absolute atomic E-state index is 0.0778. The van der Waals surface area contributed by atoms with Crippen LogP contribution in [0, 0.1) is 0 Å². The molecule has 0 bridgehead atoms. The number of halogens is 3. The highest BCUT2D eigenvalue weighted by Gasteiger charge is 2.39. The average Bonchev–Trinajstić information content (AvgIpc) is 3.18. The molecule has 0 spiro atoms. The van der Waals surface area contributed by atoms with Crippen molar-refractivity contribution >= 4 is 22.4 Å². The SMILES string of the molecule is O=C(Nc1cccs1)N1CCC[C@H](c2nnc(C(F)(F)F)o2)C1. The molecule has 2 aromatic heterocycles. The van der Waals surface area contributed by atoms with E-state index in [1.54, 1.807) is 11.0 Å². The van der Waals surface area contributed by atoms with Crippen LogP contribution in [0.15, 0.2) is 21.9 Å². The van der Waals surface area contributed by atoms with Gasteiger partial charge >= 0.3 is 18.1 Å². The molecule has 0 radical (unpaired) electrons. The van der Waals surface area contributed by atoms with E-state index in [1.807, 2.05) is 11.4 Å².